The number of benzene rings is 1. The molecule has 2 aliphatic rings. The number of nitrogens with zero attached hydrogens (tertiary/aromatic N) is 5. The first-order chi connectivity index (χ1) is 15.7. The molecule has 1 aromatic carbocycles. The van der Waals surface area contributed by atoms with Crippen LogP contribution in [0.1, 0.15) is 36.2 Å². The topological polar surface area (TPSA) is 82.8 Å². The van der Waals surface area contributed by atoms with E-state index < -0.39 is 0 Å². The smallest absolute Gasteiger partial charge is 0.289 e. The molecule has 4 heterocycles. The monoisotopic (exact) mass is 433 g/mol. The first kappa shape index (κ1) is 20.5. The average Bonchev–Trinajstić information content (AvgIpc) is 3.14. The fraction of sp³-hybridized carbons (Fsp3) is 0.417. The van der Waals surface area contributed by atoms with Gasteiger partial charge in [0.25, 0.3) is 5.91 Å². The molecule has 0 radical (unpaired) electrons. The van der Waals surface area contributed by atoms with Crippen LogP contribution in [0, 0.1) is 0 Å². The lowest BCUT2D eigenvalue weighted by molar-refractivity contribution is 0.0715. The minimum Gasteiger partial charge on any atom is -0.451 e. The lowest BCUT2D eigenvalue weighted by Crippen LogP contribution is -2.49. The van der Waals surface area contributed by atoms with Gasteiger partial charge in [-0.3, -0.25) is 9.59 Å². The first-order valence-corrected chi connectivity index (χ1v) is 11.3. The van der Waals surface area contributed by atoms with Crippen LogP contribution in [0.25, 0.3) is 11.0 Å². The molecule has 0 N–H and O–H groups in total. The Hall–Kier alpha value is -3.42. The number of anilines is 2. The van der Waals surface area contributed by atoms with Crippen LogP contribution < -0.4 is 15.2 Å². The van der Waals surface area contributed by atoms with Crippen LogP contribution in [-0.2, 0) is 0 Å². The number of carbonyl (C=O) groups is 1. The molecule has 1 amide bonds. The molecular weight excluding hydrogens is 406 g/mol. The Kier molecular flexibility index (Phi) is 5.75. The van der Waals surface area contributed by atoms with E-state index in [9.17, 15) is 9.59 Å². The summed E-state index contributed by atoms with van der Waals surface area (Å²) < 4.78 is 5.72. The third-order valence-corrected chi connectivity index (χ3v) is 6.30. The van der Waals surface area contributed by atoms with Crippen molar-refractivity contribution in [1.82, 2.24) is 15.1 Å². The molecular formula is C24H27N5O3. The van der Waals surface area contributed by atoms with Crippen LogP contribution in [0.15, 0.2) is 51.7 Å². The number of fused-ring (bicyclic) bond motifs is 1. The highest BCUT2D eigenvalue weighted by Gasteiger charge is 2.25. The number of carbonyl (C=O) groups excluding carboxylic acids is 1. The molecule has 0 spiro atoms. The van der Waals surface area contributed by atoms with Gasteiger partial charge in [-0.05, 0) is 37.1 Å². The Morgan fingerprint density at radius 1 is 0.781 bits per heavy atom. The van der Waals surface area contributed by atoms with Gasteiger partial charge in [0.1, 0.15) is 5.58 Å². The minimum atomic E-state index is -0.255. The van der Waals surface area contributed by atoms with Crippen molar-refractivity contribution < 1.29 is 9.21 Å². The fourth-order valence-electron chi connectivity index (χ4n) is 4.46. The predicted molar refractivity (Wildman–Crippen MR) is 123 cm³/mol. The summed E-state index contributed by atoms with van der Waals surface area (Å²) in [4.78, 5) is 31.4. The second-order valence-electron chi connectivity index (χ2n) is 8.40. The van der Waals surface area contributed by atoms with Gasteiger partial charge in [0.15, 0.2) is 22.8 Å². The maximum atomic E-state index is 12.9. The van der Waals surface area contributed by atoms with Crippen molar-refractivity contribution in [2.24, 2.45) is 0 Å². The molecule has 0 aliphatic carbocycles. The molecule has 2 aliphatic heterocycles. The molecule has 2 aromatic heterocycles. The fourth-order valence-corrected chi connectivity index (χ4v) is 4.46. The van der Waals surface area contributed by atoms with Gasteiger partial charge in [-0.25, -0.2) is 0 Å². The largest absolute Gasteiger partial charge is 0.451 e. The Bertz CT molecular complexity index is 1140. The lowest BCUT2D eigenvalue weighted by atomic mass is 10.2. The second-order valence-corrected chi connectivity index (χ2v) is 8.40. The standard InChI is InChI=1S/C24H27N5O3/c30-19-17-21(32-20-8-4-3-7-18(19)20)24(31)29-15-13-28(14-16-29)23-10-9-22(25-26-23)27-11-5-1-2-6-12-27/h3-4,7-10,17H,1-2,5-6,11-16H2. The van der Waals surface area contributed by atoms with E-state index in [2.05, 4.69) is 26.1 Å². The normalized spacial score (nSPS) is 17.4. The van der Waals surface area contributed by atoms with Crippen LogP contribution in [0.4, 0.5) is 11.6 Å². The van der Waals surface area contributed by atoms with Crippen molar-refractivity contribution in [1.29, 1.82) is 0 Å². The number of hydrogen-bond acceptors (Lipinski definition) is 7. The third kappa shape index (κ3) is 4.17. The van der Waals surface area contributed by atoms with Crippen molar-refractivity contribution >= 4 is 28.5 Å². The summed E-state index contributed by atoms with van der Waals surface area (Å²) >= 11 is 0. The molecule has 0 saturated carbocycles. The molecule has 0 atom stereocenters. The summed E-state index contributed by atoms with van der Waals surface area (Å²) in [5.74, 6) is 1.60. The molecule has 166 valence electrons. The molecule has 32 heavy (non-hydrogen) atoms. The first-order valence-electron chi connectivity index (χ1n) is 11.3. The Labute approximate surface area is 186 Å². The van der Waals surface area contributed by atoms with E-state index in [0.29, 0.717) is 37.1 Å². The molecule has 8 nitrogen and oxygen atoms in total. The SMILES string of the molecule is O=C(c1cc(=O)c2ccccc2o1)N1CCN(c2ccc(N3CCCCCC3)nn2)CC1. The van der Waals surface area contributed by atoms with Crippen LogP contribution in [0.2, 0.25) is 0 Å². The quantitative estimate of drug-likeness (QED) is 0.628. The number of amides is 1. The van der Waals surface area contributed by atoms with Crippen molar-refractivity contribution in [3.63, 3.8) is 0 Å². The number of para-hydroxylation sites is 1. The molecule has 3 aromatic rings. The van der Waals surface area contributed by atoms with Gasteiger partial charge in [0, 0.05) is 45.3 Å². The van der Waals surface area contributed by atoms with E-state index in [0.717, 1.165) is 24.7 Å². The van der Waals surface area contributed by atoms with Crippen LogP contribution in [-0.4, -0.2) is 60.3 Å². The van der Waals surface area contributed by atoms with Gasteiger partial charge < -0.3 is 19.1 Å². The van der Waals surface area contributed by atoms with E-state index in [1.807, 2.05) is 6.07 Å². The number of piperazine rings is 1. The van der Waals surface area contributed by atoms with Crippen LogP contribution in [0.3, 0.4) is 0 Å². The van der Waals surface area contributed by atoms with Gasteiger partial charge in [0.2, 0.25) is 0 Å². The maximum absolute atomic E-state index is 12.9. The second kappa shape index (κ2) is 8.98. The van der Waals surface area contributed by atoms with E-state index in [4.69, 9.17) is 4.42 Å². The summed E-state index contributed by atoms with van der Waals surface area (Å²) in [5, 5.41) is 9.40. The zero-order chi connectivity index (χ0) is 21.9. The highest BCUT2D eigenvalue weighted by Crippen LogP contribution is 2.20. The summed E-state index contributed by atoms with van der Waals surface area (Å²) in [6, 6.07) is 12.3. The van der Waals surface area contributed by atoms with Gasteiger partial charge in [-0.1, -0.05) is 25.0 Å². The highest BCUT2D eigenvalue weighted by molar-refractivity contribution is 5.93. The molecule has 2 fully saturated rings. The lowest BCUT2D eigenvalue weighted by Gasteiger charge is -2.35. The predicted octanol–water partition coefficient (Wildman–Crippen LogP) is 2.93. The van der Waals surface area contributed by atoms with E-state index in [-0.39, 0.29) is 17.1 Å². The number of aromatic nitrogens is 2. The summed E-state index contributed by atoms with van der Waals surface area (Å²) in [6.45, 7) is 4.46. The molecule has 0 bridgehead atoms. The van der Waals surface area contributed by atoms with Crippen molar-refractivity contribution in [2.75, 3.05) is 49.1 Å². The zero-order valence-corrected chi connectivity index (χ0v) is 18.1. The van der Waals surface area contributed by atoms with Gasteiger partial charge in [0.05, 0.1) is 5.39 Å². The van der Waals surface area contributed by atoms with Crippen molar-refractivity contribution in [2.45, 2.75) is 25.7 Å². The number of hydrogen-bond donors (Lipinski definition) is 0. The van der Waals surface area contributed by atoms with Gasteiger partial charge in [-0.2, -0.15) is 0 Å². The van der Waals surface area contributed by atoms with E-state index in [1.165, 1.54) is 31.7 Å². The summed E-state index contributed by atoms with van der Waals surface area (Å²) in [7, 11) is 0. The van der Waals surface area contributed by atoms with Crippen molar-refractivity contribution in [3.8, 4) is 0 Å². The Morgan fingerprint density at radius 3 is 2.06 bits per heavy atom. The molecule has 2 saturated heterocycles. The molecule has 8 heteroatoms. The minimum absolute atomic E-state index is 0.0868. The molecule has 5 rings (SSSR count). The van der Waals surface area contributed by atoms with Crippen LogP contribution >= 0.6 is 0 Å². The highest BCUT2D eigenvalue weighted by atomic mass is 16.3. The summed E-state index contributed by atoms with van der Waals surface area (Å²) in [5.41, 5.74) is 0.232. The average molecular weight is 434 g/mol. The number of rotatable bonds is 3. The zero-order valence-electron chi connectivity index (χ0n) is 18.1. The Balaban J connectivity index is 1.23. The van der Waals surface area contributed by atoms with Crippen molar-refractivity contribution in [3.05, 3.63) is 58.4 Å². The van der Waals surface area contributed by atoms with Gasteiger partial charge >= 0.3 is 0 Å². The van der Waals surface area contributed by atoms with E-state index in [1.54, 1.807) is 29.2 Å². The maximum Gasteiger partial charge on any atom is 0.289 e. The molecule has 0 unspecified atom stereocenters. The van der Waals surface area contributed by atoms with E-state index >= 15 is 0 Å². The Morgan fingerprint density at radius 2 is 1.41 bits per heavy atom. The third-order valence-electron chi connectivity index (χ3n) is 6.30. The van der Waals surface area contributed by atoms with Gasteiger partial charge in [-0.15, -0.1) is 10.2 Å². The summed E-state index contributed by atoms with van der Waals surface area (Å²) in [6.07, 6.45) is 4.98. The van der Waals surface area contributed by atoms with Crippen LogP contribution in [0.5, 0.6) is 0 Å².